The second kappa shape index (κ2) is 9.48. The number of alkyl halides is 3. The Bertz CT molecular complexity index is 1510. The zero-order valence-electron chi connectivity index (χ0n) is 19.6. The van der Waals surface area contributed by atoms with Gasteiger partial charge in [0, 0.05) is 31.4 Å². The molecule has 1 amide bonds. The Balaban J connectivity index is 1.72. The maximum atomic E-state index is 15.1. The lowest BCUT2D eigenvalue weighted by atomic mass is 10.1. The van der Waals surface area contributed by atoms with Crippen molar-refractivity contribution in [1.82, 2.24) is 14.9 Å². The molecule has 1 saturated carbocycles. The molecule has 1 aromatic carbocycles. The Labute approximate surface area is 214 Å². The summed E-state index contributed by atoms with van der Waals surface area (Å²) in [4.78, 5) is 31.1. The fourth-order valence-electron chi connectivity index (χ4n) is 4.59. The number of hydrogen-bond acceptors (Lipinski definition) is 6. The smallest absolute Gasteiger partial charge is 0.389 e. The number of carbonyl (C=O) groups excluding carboxylic acids is 1. The fraction of sp³-hybridized carbons (Fsp3) is 0.375. The first-order valence-electron chi connectivity index (χ1n) is 11.7. The number of aliphatic hydroxyl groups excluding tert-OH is 2. The number of benzene rings is 1. The van der Waals surface area contributed by atoms with Gasteiger partial charge in [-0.2, -0.15) is 13.2 Å². The van der Waals surface area contributed by atoms with Crippen molar-refractivity contribution in [2.45, 2.75) is 37.3 Å². The Kier molecular flexibility index (Phi) is 6.53. The van der Waals surface area contributed by atoms with Gasteiger partial charge in [0.15, 0.2) is 28.9 Å². The van der Waals surface area contributed by atoms with Crippen molar-refractivity contribution in [3.63, 3.8) is 0 Å². The van der Waals surface area contributed by atoms with Crippen molar-refractivity contribution < 1.29 is 45.7 Å². The number of fused-ring (bicyclic) bond motifs is 1. The highest BCUT2D eigenvalue weighted by Crippen LogP contribution is 2.40. The minimum Gasteiger partial charge on any atom is -0.389 e. The number of rotatable bonds is 5. The van der Waals surface area contributed by atoms with Crippen molar-refractivity contribution >= 4 is 22.8 Å². The number of nitrogens with one attached hydrogen (secondary N) is 1. The summed E-state index contributed by atoms with van der Waals surface area (Å²) >= 11 is 0. The number of aromatic nitrogens is 2. The highest BCUT2D eigenvalue weighted by molar-refractivity contribution is 5.97. The lowest BCUT2D eigenvalue weighted by molar-refractivity contribution is -0.158. The zero-order chi connectivity index (χ0) is 28.4. The van der Waals surface area contributed by atoms with Crippen molar-refractivity contribution in [3.8, 4) is 5.69 Å². The summed E-state index contributed by atoms with van der Waals surface area (Å²) in [5.74, 6) is -8.51. The Morgan fingerprint density at radius 2 is 1.59 bits per heavy atom. The predicted octanol–water partition coefficient (Wildman–Crippen LogP) is 2.55. The molecule has 0 radical (unpaired) electrons. The van der Waals surface area contributed by atoms with Crippen LogP contribution in [0.3, 0.4) is 0 Å². The first kappa shape index (κ1) is 26.9. The number of anilines is 1. The Morgan fingerprint density at radius 3 is 2.13 bits per heavy atom. The molecule has 1 saturated heterocycles. The molecule has 1 aliphatic carbocycles. The minimum absolute atomic E-state index is 0.177. The molecule has 15 heteroatoms. The number of halogens is 7. The van der Waals surface area contributed by atoms with Gasteiger partial charge in [-0.15, -0.1) is 0 Å². The van der Waals surface area contributed by atoms with Gasteiger partial charge < -0.3 is 20.4 Å². The number of aliphatic hydroxyl groups is 2. The van der Waals surface area contributed by atoms with Crippen LogP contribution >= 0.6 is 0 Å². The number of β-amino-alcohol motifs (C(OH)–C–C–N with tert-alkyl or cyclic N) is 2. The van der Waals surface area contributed by atoms with Gasteiger partial charge in [-0.1, -0.05) is 0 Å². The summed E-state index contributed by atoms with van der Waals surface area (Å²) in [5.41, 5.74) is -3.95. The molecule has 0 bridgehead atoms. The van der Waals surface area contributed by atoms with Crippen molar-refractivity contribution in [1.29, 1.82) is 0 Å². The van der Waals surface area contributed by atoms with Gasteiger partial charge in [0.2, 0.25) is 5.43 Å². The van der Waals surface area contributed by atoms with Crippen LogP contribution in [0.25, 0.3) is 16.7 Å². The largest absolute Gasteiger partial charge is 0.408 e. The molecule has 1 aliphatic heterocycles. The first-order chi connectivity index (χ1) is 18.3. The molecule has 8 nitrogen and oxygen atoms in total. The van der Waals surface area contributed by atoms with Crippen LogP contribution in [-0.2, 0) is 0 Å². The second-order valence-corrected chi connectivity index (χ2v) is 9.49. The van der Waals surface area contributed by atoms with Crippen LogP contribution in [0.2, 0.25) is 0 Å². The molecular formula is C24H19F7N4O4. The third kappa shape index (κ3) is 4.91. The Morgan fingerprint density at radius 1 is 1.00 bits per heavy atom. The second-order valence-electron chi connectivity index (χ2n) is 9.49. The van der Waals surface area contributed by atoms with E-state index in [1.165, 1.54) is 0 Å². The molecule has 3 aromatic rings. The van der Waals surface area contributed by atoms with E-state index in [1.807, 2.05) is 0 Å². The number of nitrogens with zero attached hydrogens (tertiary/aromatic N) is 3. The van der Waals surface area contributed by atoms with E-state index in [9.17, 15) is 46.1 Å². The van der Waals surface area contributed by atoms with E-state index in [2.05, 4.69) is 4.98 Å². The summed E-state index contributed by atoms with van der Waals surface area (Å²) in [5, 5.41) is 20.7. The van der Waals surface area contributed by atoms with E-state index in [0.29, 0.717) is 16.8 Å². The van der Waals surface area contributed by atoms with E-state index >= 15 is 4.39 Å². The molecule has 5 rings (SSSR count). The average Bonchev–Trinajstić information content (AvgIpc) is 3.61. The molecule has 0 spiro atoms. The van der Waals surface area contributed by atoms with Crippen LogP contribution in [0, 0.1) is 29.2 Å². The van der Waals surface area contributed by atoms with Crippen molar-refractivity contribution in [3.05, 3.63) is 63.5 Å². The maximum absolute atomic E-state index is 15.1. The molecule has 3 N–H and O–H groups in total. The third-order valence-electron chi connectivity index (χ3n) is 6.67. The first-order valence-corrected chi connectivity index (χ1v) is 11.7. The van der Waals surface area contributed by atoms with Crippen LogP contribution in [-0.4, -0.2) is 63.2 Å². The fourth-order valence-corrected chi connectivity index (χ4v) is 4.59. The molecule has 39 heavy (non-hydrogen) atoms. The molecule has 2 aliphatic rings. The monoisotopic (exact) mass is 560 g/mol. The minimum atomic E-state index is -4.85. The van der Waals surface area contributed by atoms with Crippen LogP contribution in [0.1, 0.15) is 23.2 Å². The van der Waals surface area contributed by atoms with E-state index in [4.69, 9.17) is 0 Å². The van der Waals surface area contributed by atoms with Crippen molar-refractivity contribution in [2.24, 2.45) is 5.92 Å². The summed E-state index contributed by atoms with van der Waals surface area (Å²) in [6, 6.07) is -1.15. The standard InChI is InChI=1S/C24H19F7N4O4/c25-10-3-13(26)18(14(27)4-10)35-6-12(23(39)32-20(9-1-2-9)24(29,30)31)19(38)11-5-15(28)22(33-21(11)35)34-7-16(36)17(37)8-34/h3-6,9,16-17,20,36-37H,1-2,7-8H2,(H,32,39)/t16-,17-,20?/m1/s1. The van der Waals surface area contributed by atoms with E-state index in [-0.39, 0.29) is 38.1 Å². The van der Waals surface area contributed by atoms with Gasteiger partial charge in [-0.3, -0.25) is 14.2 Å². The molecule has 3 atom stereocenters. The van der Waals surface area contributed by atoms with Gasteiger partial charge in [0.25, 0.3) is 5.91 Å². The van der Waals surface area contributed by atoms with Crippen LogP contribution in [0.4, 0.5) is 36.6 Å². The van der Waals surface area contributed by atoms with E-state index < -0.39 is 93.1 Å². The topological polar surface area (TPSA) is 108 Å². The summed E-state index contributed by atoms with van der Waals surface area (Å²) in [6.07, 6.45) is -6.52. The highest BCUT2D eigenvalue weighted by Gasteiger charge is 2.50. The number of carbonyl (C=O) groups is 1. The molecular weight excluding hydrogens is 541 g/mol. The quantitative estimate of drug-likeness (QED) is 0.415. The lowest BCUT2D eigenvalue weighted by Gasteiger charge is -2.22. The van der Waals surface area contributed by atoms with Gasteiger partial charge in [0.1, 0.15) is 23.1 Å². The van der Waals surface area contributed by atoms with E-state index in [0.717, 1.165) is 4.90 Å². The average molecular weight is 560 g/mol. The maximum Gasteiger partial charge on any atom is 0.408 e. The molecule has 1 unspecified atom stereocenters. The lowest BCUT2D eigenvalue weighted by Crippen LogP contribution is -2.48. The van der Waals surface area contributed by atoms with Crippen LogP contribution in [0.5, 0.6) is 0 Å². The predicted molar refractivity (Wildman–Crippen MR) is 121 cm³/mol. The van der Waals surface area contributed by atoms with Gasteiger partial charge in [0.05, 0.1) is 17.6 Å². The SMILES string of the molecule is O=C(NC(C1CC1)C(F)(F)F)c1cn(-c2c(F)cc(F)cc2F)c2nc(N3C[C@@H](O)[C@H](O)C3)c(F)cc2c1=O. The number of amides is 1. The molecule has 2 fully saturated rings. The summed E-state index contributed by atoms with van der Waals surface area (Å²) in [7, 11) is 0. The van der Waals surface area contributed by atoms with Crippen LogP contribution < -0.4 is 15.6 Å². The van der Waals surface area contributed by atoms with Crippen molar-refractivity contribution in [2.75, 3.05) is 18.0 Å². The van der Waals surface area contributed by atoms with Crippen LogP contribution in [0.15, 0.2) is 29.2 Å². The number of pyridine rings is 2. The van der Waals surface area contributed by atoms with E-state index in [1.54, 1.807) is 5.32 Å². The molecule has 2 aromatic heterocycles. The molecule has 3 heterocycles. The zero-order valence-corrected chi connectivity index (χ0v) is 19.6. The Hall–Kier alpha value is -3.72. The molecule has 208 valence electrons. The highest BCUT2D eigenvalue weighted by atomic mass is 19.4. The van der Waals surface area contributed by atoms with Gasteiger partial charge in [-0.25, -0.2) is 22.5 Å². The van der Waals surface area contributed by atoms with Gasteiger partial charge in [-0.05, 0) is 24.8 Å². The summed E-state index contributed by atoms with van der Waals surface area (Å²) in [6.45, 7) is -0.582. The summed E-state index contributed by atoms with van der Waals surface area (Å²) < 4.78 is 99.3. The normalized spacial score (nSPS) is 20.5. The van der Waals surface area contributed by atoms with Gasteiger partial charge >= 0.3 is 6.18 Å². The number of hydrogen-bond donors (Lipinski definition) is 3. The third-order valence-corrected chi connectivity index (χ3v) is 6.67.